The highest BCUT2D eigenvalue weighted by molar-refractivity contribution is 7.99. The molecule has 0 spiro atoms. The summed E-state index contributed by atoms with van der Waals surface area (Å²) in [5, 5.41) is 8.81. The second kappa shape index (κ2) is 9.96. The first-order valence-electron chi connectivity index (χ1n) is 9.59. The van der Waals surface area contributed by atoms with Crippen LogP contribution >= 0.6 is 11.8 Å². The molecule has 0 aliphatic rings. The number of nitrogen functional groups attached to an aromatic ring is 1. The molecule has 30 heavy (non-hydrogen) atoms. The number of sulfonamides is 1. The molecule has 0 saturated carbocycles. The molecule has 0 atom stereocenters. The number of hydrogen-bond donors (Lipinski definition) is 1. The highest BCUT2D eigenvalue weighted by atomic mass is 32.2. The van der Waals surface area contributed by atoms with E-state index >= 15 is 0 Å². The number of nitrogens with two attached hydrogens (primary N) is 1. The fourth-order valence-corrected chi connectivity index (χ4v) is 5.07. The van der Waals surface area contributed by atoms with Gasteiger partial charge in [0.25, 0.3) is 0 Å². The number of benzene rings is 2. The maximum atomic E-state index is 12.8. The lowest BCUT2D eigenvalue weighted by Gasteiger charge is -2.18. The second-order valence-corrected chi connectivity index (χ2v) is 9.30. The Labute approximate surface area is 181 Å². The van der Waals surface area contributed by atoms with Crippen LogP contribution in [0.5, 0.6) is 5.75 Å². The predicted molar refractivity (Wildman–Crippen MR) is 118 cm³/mol. The normalized spacial score (nSPS) is 11.7. The molecule has 3 rings (SSSR count). The molecule has 0 fully saturated rings. The fourth-order valence-electron chi connectivity index (χ4n) is 2.89. The minimum atomic E-state index is -3.57. The zero-order chi connectivity index (χ0) is 21.6. The molecule has 10 heteroatoms. The molecule has 1 heterocycles. The molecular formula is C20H25N5O3S2. The van der Waals surface area contributed by atoms with E-state index in [2.05, 4.69) is 10.2 Å². The minimum Gasteiger partial charge on any atom is -0.493 e. The zero-order valence-electron chi connectivity index (χ0n) is 16.9. The van der Waals surface area contributed by atoms with E-state index in [0.717, 1.165) is 5.75 Å². The van der Waals surface area contributed by atoms with Gasteiger partial charge in [0.05, 0.1) is 11.5 Å². The van der Waals surface area contributed by atoms with Crippen molar-refractivity contribution >= 4 is 21.8 Å². The quantitative estimate of drug-likeness (QED) is 0.289. The van der Waals surface area contributed by atoms with Crippen molar-refractivity contribution in [2.75, 3.05) is 31.3 Å². The van der Waals surface area contributed by atoms with Crippen LogP contribution < -0.4 is 10.6 Å². The molecule has 0 saturated heterocycles. The van der Waals surface area contributed by atoms with Crippen molar-refractivity contribution in [1.82, 2.24) is 19.2 Å². The molecule has 2 aromatic carbocycles. The van der Waals surface area contributed by atoms with E-state index < -0.39 is 10.0 Å². The SMILES string of the molecule is CCN(CC)S(=O)(=O)c1cccc(-c2nnc(SCCOc3ccccc3)n2N)c1. The lowest BCUT2D eigenvalue weighted by molar-refractivity contribution is 0.344. The Hall–Kier alpha value is -2.56. The van der Waals surface area contributed by atoms with Crippen molar-refractivity contribution in [2.45, 2.75) is 23.9 Å². The second-order valence-electron chi connectivity index (χ2n) is 6.30. The van der Waals surface area contributed by atoms with E-state index in [-0.39, 0.29) is 4.90 Å². The van der Waals surface area contributed by atoms with E-state index in [1.165, 1.54) is 20.7 Å². The van der Waals surface area contributed by atoms with Gasteiger partial charge in [-0.25, -0.2) is 13.1 Å². The van der Waals surface area contributed by atoms with Crippen LogP contribution in [0.4, 0.5) is 0 Å². The largest absolute Gasteiger partial charge is 0.493 e. The minimum absolute atomic E-state index is 0.206. The summed E-state index contributed by atoms with van der Waals surface area (Å²) in [4.78, 5) is 0.206. The van der Waals surface area contributed by atoms with E-state index in [0.29, 0.717) is 42.0 Å². The Morgan fingerprint density at radius 3 is 2.50 bits per heavy atom. The molecule has 8 nitrogen and oxygen atoms in total. The Balaban J connectivity index is 1.71. The lowest BCUT2D eigenvalue weighted by atomic mass is 10.2. The summed E-state index contributed by atoms with van der Waals surface area (Å²) in [5.41, 5.74) is 0.589. The van der Waals surface area contributed by atoms with Crippen LogP contribution in [0, 0.1) is 0 Å². The van der Waals surface area contributed by atoms with Crippen molar-refractivity contribution in [1.29, 1.82) is 0 Å². The molecule has 2 N–H and O–H groups in total. The average molecular weight is 448 g/mol. The van der Waals surface area contributed by atoms with Crippen LogP contribution in [0.25, 0.3) is 11.4 Å². The van der Waals surface area contributed by atoms with Gasteiger partial charge < -0.3 is 10.6 Å². The summed E-state index contributed by atoms with van der Waals surface area (Å²) >= 11 is 1.42. The van der Waals surface area contributed by atoms with Crippen LogP contribution in [0.15, 0.2) is 64.6 Å². The number of hydrogen-bond acceptors (Lipinski definition) is 7. The molecular weight excluding hydrogens is 422 g/mol. The van der Waals surface area contributed by atoms with Crippen molar-refractivity contribution in [2.24, 2.45) is 0 Å². The van der Waals surface area contributed by atoms with Crippen molar-refractivity contribution in [3.8, 4) is 17.1 Å². The number of aromatic nitrogens is 3. The van der Waals surface area contributed by atoms with Gasteiger partial charge in [-0.2, -0.15) is 4.31 Å². The van der Waals surface area contributed by atoms with E-state index in [4.69, 9.17) is 10.6 Å². The zero-order valence-corrected chi connectivity index (χ0v) is 18.6. The van der Waals surface area contributed by atoms with Gasteiger partial charge in [-0.05, 0) is 24.3 Å². The third kappa shape index (κ3) is 4.94. The Morgan fingerprint density at radius 2 is 1.80 bits per heavy atom. The van der Waals surface area contributed by atoms with Crippen LogP contribution in [-0.4, -0.2) is 53.0 Å². The van der Waals surface area contributed by atoms with Gasteiger partial charge in [0.1, 0.15) is 5.75 Å². The monoisotopic (exact) mass is 447 g/mol. The summed E-state index contributed by atoms with van der Waals surface area (Å²) in [7, 11) is -3.57. The van der Waals surface area contributed by atoms with Gasteiger partial charge in [-0.15, -0.1) is 10.2 Å². The Bertz CT molecular complexity index is 1070. The molecule has 0 aliphatic carbocycles. The maximum absolute atomic E-state index is 12.8. The molecule has 0 bridgehead atoms. The Kier molecular flexibility index (Phi) is 7.35. The number of rotatable bonds is 10. The molecule has 0 aliphatic heterocycles. The number of thioether (sulfide) groups is 1. The van der Waals surface area contributed by atoms with E-state index in [9.17, 15) is 8.42 Å². The first-order chi connectivity index (χ1) is 14.5. The fraction of sp³-hybridized carbons (Fsp3) is 0.300. The van der Waals surface area contributed by atoms with Crippen LogP contribution in [0.3, 0.4) is 0 Å². The van der Waals surface area contributed by atoms with Crippen LogP contribution in [-0.2, 0) is 10.0 Å². The Morgan fingerprint density at radius 1 is 1.07 bits per heavy atom. The average Bonchev–Trinajstić information content (AvgIpc) is 3.13. The summed E-state index contributed by atoms with van der Waals surface area (Å²) in [5.74, 6) is 8.02. The van der Waals surface area contributed by atoms with Gasteiger partial charge in [-0.1, -0.05) is 55.9 Å². The third-order valence-electron chi connectivity index (χ3n) is 4.43. The topological polar surface area (TPSA) is 103 Å². The first-order valence-corrected chi connectivity index (χ1v) is 12.0. The third-order valence-corrected chi connectivity index (χ3v) is 7.38. The van der Waals surface area contributed by atoms with Crippen LogP contribution in [0.2, 0.25) is 0 Å². The van der Waals surface area contributed by atoms with Crippen LogP contribution in [0.1, 0.15) is 13.8 Å². The number of nitrogens with zero attached hydrogens (tertiary/aromatic N) is 4. The van der Waals surface area contributed by atoms with Crippen molar-refractivity contribution < 1.29 is 13.2 Å². The molecule has 0 radical (unpaired) electrons. The number of para-hydroxylation sites is 1. The molecule has 160 valence electrons. The summed E-state index contributed by atoms with van der Waals surface area (Å²) < 4.78 is 34.0. The van der Waals surface area contributed by atoms with Crippen molar-refractivity contribution in [3.05, 3.63) is 54.6 Å². The van der Waals surface area contributed by atoms with E-state index in [1.807, 2.05) is 44.2 Å². The highest BCUT2D eigenvalue weighted by Gasteiger charge is 2.23. The van der Waals surface area contributed by atoms with Gasteiger partial charge in [0.2, 0.25) is 15.2 Å². The molecule has 0 amide bonds. The smallest absolute Gasteiger partial charge is 0.243 e. The standard InChI is InChI=1S/C20H25N5O3S2/c1-3-24(4-2)30(26,27)18-12-8-9-16(15-18)19-22-23-20(25(19)21)29-14-13-28-17-10-6-5-7-11-17/h5-12,15H,3-4,13-14,21H2,1-2H3. The molecule has 3 aromatic rings. The predicted octanol–water partition coefficient (Wildman–Crippen LogP) is 2.86. The van der Waals surface area contributed by atoms with Gasteiger partial charge >= 0.3 is 0 Å². The summed E-state index contributed by atoms with van der Waals surface area (Å²) in [6.45, 7) is 4.93. The molecule has 1 aromatic heterocycles. The maximum Gasteiger partial charge on any atom is 0.243 e. The van der Waals surface area contributed by atoms with Gasteiger partial charge in [0.15, 0.2) is 5.82 Å². The highest BCUT2D eigenvalue weighted by Crippen LogP contribution is 2.25. The van der Waals surface area contributed by atoms with Gasteiger partial charge in [0, 0.05) is 24.4 Å². The number of ether oxygens (including phenoxy) is 1. The summed E-state index contributed by atoms with van der Waals surface area (Å²) in [6, 6.07) is 16.2. The van der Waals surface area contributed by atoms with Gasteiger partial charge in [-0.3, -0.25) is 0 Å². The lowest BCUT2D eigenvalue weighted by Crippen LogP contribution is -2.30. The summed E-state index contributed by atoms with van der Waals surface area (Å²) in [6.07, 6.45) is 0. The molecule has 0 unspecified atom stereocenters. The van der Waals surface area contributed by atoms with E-state index in [1.54, 1.807) is 24.3 Å². The first kappa shape index (κ1) is 22.1. The van der Waals surface area contributed by atoms with Crippen molar-refractivity contribution in [3.63, 3.8) is 0 Å².